The van der Waals surface area contributed by atoms with Gasteiger partial charge < -0.3 is 10.1 Å². The Bertz CT molecular complexity index is 601. The smallest absolute Gasteiger partial charge is 0.326 e. The molecule has 1 heterocycles. The Hall–Kier alpha value is -1.63. The van der Waals surface area contributed by atoms with Crippen LogP contribution in [0.15, 0.2) is 0 Å². The van der Waals surface area contributed by atoms with Crippen LogP contribution in [0.4, 0.5) is 4.79 Å². The predicted octanol–water partition coefficient (Wildman–Crippen LogP) is 2.50. The summed E-state index contributed by atoms with van der Waals surface area (Å²) in [6, 6.07) is -0.0769. The van der Waals surface area contributed by atoms with E-state index in [1.54, 1.807) is 6.92 Å². The van der Waals surface area contributed by atoms with Crippen molar-refractivity contribution >= 4 is 17.9 Å². The van der Waals surface area contributed by atoms with E-state index in [1.165, 1.54) is 4.90 Å². The van der Waals surface area contributed by atoms with Crippen LogP contribution in [0.5, 0.6) is 0 Å². The van der Waals surface area contributed by atoms with Crippen molar-refractivity contribution in [2.45, 2.75) is 77.8 Å². The molecule has 2 aliphatic carbocycles. The summed E-state index contributed by atoms with van der Waals surface area (Å²) in [6.07, 6.45) is 5.24. The summed E-state index contributed by atoms with van der Waals surface area (Å²) < 4.78 is 5.04. The predicted molar refractivity (Wildman–Crippen MR) is 101 cm³/mol. The lowest BCUT2D eigenvalue weighted by molar-refractivity contribution is -0.146. The number of rotatable bonds is 6. The fourth-order valence-corrected chi connectivity index (χ4v) is 4.41. The van der Waals surface area contributed by atoms with Crippen LogP contribution in [0.25, 0.3) is 0 Å². The normalized spacial score (nSPS) is 28.8. The van der Waals surface area contributed by atoms with Crippen LogP contribution in [0.2, 0.25) is 0 Å². The Morgan fingerprint density at radius 3 is 2.37 bits per heavy atom. The molecule has 1 spiro atoms. The third kappa shape index (κ3) is 4.28. The van der Waals surface area contributed by atoms with Gasteiger partial charge in [0.1, 0.15) is 5.54 Å². The second kappa shape index (κ2) is 7.41. The molecular weight excluding hydrogens is 346 g/mol. The molecule has 3 fully saturated rings. The molecule has 1 saturated heterocycles. The molecule has 7 heteroatoms. The lowest BCUT2D eigenvalue weighted by Crippen LogP contribution is -2.51. The van der Waals surface area contributed by atoms with Gasteiger partial charge in [0.2, 0.25) is 0 Å². The van der Waals surface area contributed by atoms with Gasteiger partial charge in [-0.15, -0.1) is 0 Å². The van der Waals surface area contributed by atoms with E-state index in [-0.39, 0.29) is 42.6 Å². The molecule has 2 saturated carbocycles. The van der Waals surface area contributed by atoms with Crippen LogP contribution in [-0.2, 0) is 14.3 Å². The Morgan fingerprint density at radius 1 is 1.22 bits per heavy atom. The van der Waals surface area contributed by atoms with Gasteiger partial charge in [-0.05, 0) is 56.8 Å². The number of hydrogen-bond acceptors (Lipinski definition) is 5. The quantitative estimate of drug-likeness (QED) is 0.567. The molecule has 3 aliphatic rings. The second-order valence-corrected chi connectivity index (χ2v) is 9.31. The molecule has 0 radical (unpaired) electrons. The summed E-state index contributed by atoms with van der Waals surface area (Å²) in [4.78, 5) is 40.8. The largest absolute Gasteiger partial charge is 0.465 e. The van der Waals surface area contributed by atoms with E-state index in [9.17, 15) is 14.4 Å². The molecule has 152 valence electrons. The van der Waals surface area contributed by atoms with Crippen LogP contribution in [0.1, 0.15) is 66.2 Å². The van der Waals surface area contributed by atoms with E-state index in [0.29, 0.717) is 25.4 Å². The number of nitrogens with one attached hydrogen (secondary N) is 1. The van der Waals surface area contributed by atoms with E-state index >= 15 is 0 Å². The summed E-state index contributed by atoms with van der Waals surface area (Å²) in [5.41, 5.74) is -0.534. The van der Waals surface area contributed by atoms with Gasteiger partial charge in [-0.3, -0.25) is 14.5 Å². The molecule has 0 aromatic rings. The number of amides is 3. The molecule has 27 heavy (non-hydrogen) atoms. The molecule has 0 aromatic heterocycles. The first kappa shape index (κ1) is 20.1. The molecule has 1 aliphatic heterocycles. The van der Waals surface area contributed by atoms with E-state index in [2.05, 4.69) is 26.1 Å². The van der Waals surface area contributed by atoms with Crippen molar-refractivity contribution in [3.05, 3.63) is 0 Å². The Balaban J connectivity index is 1.64. The number of esters is 1. The maximum Gasteiger partial charge on any atom is 0.326 e. The molecule has 0 aromatic carbocycles. The van der Waals surface area contributed by atoms with Crippen LogP contribution < -0.4 is 5.32 Å². The third-order valence-electron chi connectivity index (χ3n) is 6.33. The maximum absolute atomic E-state index is 13.1. The van der Waals surface area contributed by atoms with Crippen LogP contribution in [-0.4, -0.2) is 59.1 Å². The minimum Gasteiger partial charge on any atom is -0.465 e. The van der Waals surface area contributed by atoms with Gasteiger partial charge in [0.05, 0.1) is 19.8 Å². The summed E-state index contributed by atoms with van der Waals surface area (Å²) in [5.74, 6) is 0.125. The molecule has 3 amide bonds. The summed E-state index contributed by atoms with van der Waals surface area (Å²) in [6.45, 7) is 9.10. The molecule has 0 bridgehead atoms. The lowest BCUT2D eigenvalue weighted by Gasteiger charge is -2.40. The first-order chi connectivity index (χ1) is 12.7. The monoisotopic (exact) mass is 379 g/mol. The van der Waals surface area contributed by atoms with Crippen molar-refractivity contribution < 1.29 is 19.1 Å². The van der Waals surface area contributed by atoms with Gasteiger partial charge in [-0.1, -0.05) is 20.8 Å². The molecule has 1 N–H and O–H groups in total. The molecule has 0 atom stereocenters. The summed E-state index contributed by atoms with van der Waals surface area (Å²) in [7, 11) is 0. The highest BCUT2D eigenvalue weighted by molar-refractivity contribution is 6.07. The van der Waals surface area contributed by atoms with Crippen LogP contribution in [0, 0.1) is 11.3 Å². The summed E-state index contributed by atoms with van der Waals surface area (Å²) >= 11 is 0. The highest BCUT2D eigenvalue weighted by atomic mass is 16.5. The van der Waals surface area contributed by atoms with Crippen molar-refractivity contribution in [3.63, 3.8) is 0 Å². The number of carbonyl (C=O) groups excluding carboxylic acids is 3. The van der Waals surface area contributed by atoms with Gasteiger partial charge in [0.15, 0.2) is 0 Å². The minimum absolute atomic E-state index is 0.120. The fourth-order valence-electron chi connectivity index (χ4n) is 4.41. The maximum atomic E-state index is 13.1. The average molecular weight is 380 g/mol. The standard InChI is InChI=1S/C20H33N3O4/c1-5-27-16(24)12-22(15-6-7-15)13-23-17(25)20(21-18(23)26)10-8-14(9-11-20)19(2,3)4/h14-15H,5-13H2,1-4H3,(H,21,26). The highest BCUT2D eigenvalue weighted by Gasteiger charge is 2.54. The number of imide groups is 1. The zero-order chi connectivity index (χ0) is 19.8. The van der Waals surface area contributed by atoms with Crippen molar-refractivity contribution in [1.82, 2.24) is 15.1 Å². The highest BCUT2D eigenvalue weighted by Crippen LogP contribution is 2.43. The average Bonchev–Trinajstić information content (AvgIpc) is 3.39. The van der Waals surface area contributed by atoms with Crippen molar-refractivity contribution in [1.29, 1.82) is 0 Å². The van der Waals surface area contributed by atoms with Gasteiger partial charge in [-0.25, -0.2) is 9.69 Å². The molecule has 0 unspecified atom stereocenters. The molecule has 3 rings (SSSR count). The van der Waals surface area contributed by atoms with Crippen molar-refractivity contribution in [2.24, 2.45) is 11.3 Å². The van der Waals surface area contributed by atoms with Crippen LogP contribution >= 0.6 is 0 Å². The van der Waals surface area contributed by atoms with Gasteiger partial charge >= 0.3 is 12.0 Å². The topological polar surface area (TPSA) is 79.0 Å². The number of ether oxygens (including phenoxy) is 1. The molecule has 7 nitrogen and oxygen atoms in total. The Labute approximate surface area is 161 Å². The fraction of sp³-hybridized carbons (Fsp3) is 0.850. The number of carbonyl (C=O) groups is 3. The number of nitrogens with zero attached hydrogens (tertiary/aromatic N) is 2. The SMILES string of the molecule is CCOC(=O)CN(CN1C(=O)NC2(CCC(C(C)(C)C)CC2)C1=O)C1CC1. The Morgan fingerprint density at radius 2 is 1.85 bits per heavy atom. The van der Waals surface area contributed by atoms with E-state index in [4.69, 9.17) is 4.74 Å². The second-order valence-electron chi connectivity index (χ2n) is 9.31. The van der Waals surface area contributed by atoms with E-state index in [0.717, 1.165) is 25.7 Å². The van der Waals surface area contributed by atoms with E-state index in [1.807, 2.05) is 4.90 Å². The minimum atomic E-state index is -0.752. The zero-order valence-corrected chi connectivity index (χ0v) is 17.0. The molecular formula is C20H33N3O4. The van der Waals surface area contributed by atoms with E-state index < -0.39 is 5.54 Å². The Kier molecular flexibility index (Phi) is 5.52. The third-order valence-corrected chi connectivity index (χ3v) is 6.33. The number of urea groups is 1. The van der Waals surface area contributed by atoms with Crippen molar-refractivity contribution in [2.75, 3.05) is 19.8 Å². The lowest BCUT2D eigenvalue weighted by atomic mass is 9.67. The first-order valence-electron chi connectivity index (χ1n) is 10.2. The van der Waals surface area contributed by atoms with Gasteiger partial charge in [0, 0.05) is 6.04 Å². The van der Waals surface area contributed by atoms with Crippen LogP contribution in [0.3, 0.4) is 0 Å². The van der Waals surface area contributed by atoms with Crippen molar-refractivity contribution in [3.8, 4) is 0 Å². The summed E-state index contributed by atoms with van der Waals surface area (Å²) in [5, 5.41) is 2.98. The number of hydrogen-bond donors (Lipinski definition) is 1. The first-order valence-corrected chi connectivity index (χ1v) is 10.2. The van der Waals surface area contributed by atoms with Gasteiger partial charge in [0.25, 0.3) is 5.91 Å². The zero-order valence-electron chi connectivity index (χ0n) is 17.0. The van der Waals surface area contributed by atoms with Gasteiger partial charge in [-0.2, -0.15) is 0 Å².